The second kappa shape index (κ2) is 10.3. The molecule has 3 aromatic rings. The Morgan fingerprint density at radius 3 is 2.76 bits per heavy atom. The quantitative estimate of drug-likeness (QED) is 0.295. The molecule has 1 N–H and O–H groups in total. The Morgan fingerprint density at radius 2 is 1.97 bits per heavy atom. The van der Waals surface area contributed by atoms with Gasteiger partial charge in [-0.1, -0.05) is 29.3 Å². The number of hydrogen-bond acceptors (Lipinski definition) is 6. The van der Waals surface area contributed by atoms with Crippen molar-refractivity contribution in [2.45, 2.75) is 6.61 Å². The number of fused-ring (bicyclic) bond motifs is 1. The highest BCUT2D eigenvalue weighted by Crippen LogP contribution is 2.37. The van der Waals surface area contributed by atoms with Crippen LogP contribution in [0.5, 0.6) is 23.0 Å². The van der Waals surface area contributed by atoms with Crippen molar-refractivity contribution < 1.29 is 23.7 Å². The van der Waals surface area contributed by atoms with Crippen LogP contribution in [0, 0.1) is 0 Å². The van der Waals surface area contributed by atoms with E-state index in [1.165, 1.54) is 13.3 Å². The van der Waals surface area contributed by atoms with Gasteiger partial charge in [0.05, 0.1) is 17.8 Å². The molecule has 1 aliphatic heterocycles. The molecule has 0 fully saturated rings. The first-order chi connectivity index (χ1) is 15.9. The van der Waals surface area contributed by atoms with Gasteiger partial charge in [-0.2, -0.15) is 5.10 Å². The van der Waals surface area contributed by atoms with Crippen LogP contribution in [0.15, 0.2) is 58.1 Å². The van der Waals surface area contributed by atoms with Gasteiger partial charge in [0.1, 0.15) is 6.61 Å². The molecule has 0 radical (unpaired) electrons. The monoisotopic (exact) mass is 550 g/mol. The number of carbonyl (C=O) groups excluding carboxylic acids is 1. The molecule has 1 aliphatic rings. The highest BCUT2D eigenvalue weighted by atomic mass is 79.9. The summed E-state index contributed by atoms with van der Waals surface area (Å²) in [6.45, 7) is 0.367. The fourth-order valence-corrected chi connectivity index (χ4v) is 4.05. The number of carbonyl (C=O) groups is 1. The first-order valence-electron chi connectivity index (χ1n) is 9.62. The Bertz CT molecular complexity index is 1240. The Morgan fingerprint density at radius 1 is 1.15 bits per heavy atom. The predicted molar refractivity (Wildman–Crippen MR) is 129 cm³/mol. The van der Waals surface area contributed by atoms with Crippen LogP contribution < -0.4 is 24.4 Å². The maximum Gasteiger partial charge on any atom is 0.271 e. The van der Waals surface area contributed by atoms with Crippen LogP contribution >= 0.6 is 39.1 Å². The number of ether oxygens (including phenoxy) is 4. The van der Waals surface area contributed by atoms with Crippen molar-refractivity contribution in [1.29, 1.82) is 0 Å². The maximum absolute atomic E-state index is 12.4. The number of methoxy groups -OCH3 is 1. The maximum atomic E-state index is 12.4. The van der Waals surface area contributed by atoms with Gasteiger partial charge in [0.25, 0.3) is 5.91 Å². The number of nitrogens with one attached hydrogen (secondary N) is 1. The van der Waals surface area contributed by atoms with Crippen LogP contribution in [0.4, 0.5) is 0 Å². The summed E-state index contributed by atoms with van der Waals surface area (Å²) in [6.07, 6.45) is 1.50. The van der Waals surface area contributed by atoms with Crippen LogP contribution in [0.25, 0.3) is 0 Å². The van der Waals surface area contributed by atoms with E-state index >= 15 is 0 Å². The Labute approximate surface area is 208 Å². The minimum absolute atomic E-state index is 0.141. The van der Waals surface area contributed by atoms with Gasteiger partial charge in [-0.25, -0.2) is 5.43 Å². The summed E-state index contributed by atoms with van der Waals surface area (Å²) in [6, 6.07) is 13.6. The van der Waals surface area contributed by atoms with E-state index < -0.39 is 0 Å². The second-order valence-corrected chi connectivity index (χ2v) is 8.52. The van der Waals surface area contributed by atoms with E-state index in [1.807, 2.05) is 0 Å². The van der Waals surface area contributed by atoms with Gasteiger partial charge in [0.15, 0.2) is 23.0 Å². The summed E-state index contributed by atoms with van der Waals surface area (Å²) < 4.78 is 22.6. The second-order valence-electron chi connectivity index (χ2n) is 6.83. The number of halogens is 3. The van der Waals surface area contributed by atoms with Crippen molar-refractivity contribution in [2.24, 2.45) is 5.10 Å². The Balaban J connectivity index is 1.43. The molecule has 170 valence electrons. The molecule has 0 spiro atoms. The molecule has 1 heterocycles. The van der Waals surface area contributed by atoms with Gasteiger partial charge < -0.3 is 18.9 Å². The van der Waals surface area contributed by atoms with Crippen molar-refractivity contribution in [1.82, 2.24) is 5.43 Å². The highest BCUT2D eigenvalue weighted by molar-refractivity contribution is 9.10. The molecule has 0 bridgehead atoms. The lowest BCUT2D eigenvalue weighted by Crippen LogP contribution is -2.17. The number of amides is 1. The summed E-state index contributed by atoms with van der Waals surface area (Å²) in [5, 5.41) is 5.09. The van der Waals surface area contributed by atoms with E-state index in [0.29, 0.717) is 48.6 Å². The van der Waals surface area contributed by atoms with Gasteiger partial charge in [-0.05, 0) is 64.0 Å². The lowest BCUT2D eigenvalue weighted by molar-refractivity contribution is 0.0954. The summed E-state index contributed by atoms with van der Waals surface area (Å²) in [5.74, 6) is 1.74. The zero-order valence-electron chi connectivity index (χ0n) is 17.2. The Kier molecular flexibility index (Phi) is 7.27. The molecule has 7 nitrogen and oxygen atoms in total. The number of rotatable bonds is 7. The van der Waals surface area contributed by atoms with Gasteiger partial charge in [0, 0.05) is 21.2 Å². The van der Waals surface area contributed by atoms with Crippen molar-refractivity contribution in [3.63, 3.8) is 0 Å². The molecule has 0 saturated carbocycles. The zero-order chi connectivity index (χ0) is 23.4. The minimum atomic E-state index is -0.379. The van der Waals surface area contributed by atoms with E-state index in [1.54, 1.807) is 48.5 Å². The van der Waals surface area contributed by atoms with Gasteiger partial charge in [0.2, 0.25) is 6.79 Å². The number of benzene rings is 3. The van der Waals surface area contributed by atoms with E-state index in [-0.39, 0.29) is 19.3 Å². The first kappa shape index (κ1) is 23.2. The lowest BCUT2D eigenvalue weighted by Gasteiger charge is -2.14. The third-order valence-corrected chi connectivity index (χ3v) is 5.83. The molecule has 0 aromatic heterocycles. The van der Waals surface area contributed by atoms with Crippen molar-refractivity contribution in [2.75, 3.05) is 13.9 Å². The van der Waals surface area contributed by atoms with Crippen molar-refractivity contribution in [3.8, 4) is 23.0 Å². The smallest absolute Gasteiger partial charge is 0.271 e. The number of nitrogens with zero attached hydrogens (tertiary/aromatic N) is 1. The zero-order valence-corrected chi connectivity index (χ0v) is 20.3. The van der Waals surface area contributed by atoms with Crippen LogP contribution in [0.1, 0.15) is 21.5 Å². The molecule has 33 heavy (non-hydrogen) atoms. The van der Waals surface area contributed by atoms with Crippen molar-refractivity contribution in [3.05, 3.63) is 79.7 Å². The number of hydrazone groups is 1. The summed E-state index contributed by atoms with van der Waals surface area (Å²) in [5.41, 5.74) is 4.36. The molecule has 3 aromatic carbocycles. The van der Waals surface area contributed by atoms with E-state index in [2.05, 4.69) is 26.5 Å². The molecule has 1 amide bonds. The first-order valence-corrected chi connectivity index (χ1v) is 11.2. The van der Waals surface area contributed by atoms with Gasteiger partial charge >= 0.3 is 0 Å². The third kappa shape index (κ3) is 5.52. The molecule has 4 rings (SSSR count). The predicted octanol–water partition coefficient (Wildman–Crippen LogP) is 5.84. The van der Waals surface area contributed by atoms with E-state index in [4.69, 9.17) is 42.1 Å². The third-order valence-electron chi connectivity index (χ3n) is 4.65. The summed E-state index contributed by atoms with van der Waals surface area (Å²) in [4.78, 5) is 12.4. The number of hydrogen-bond donors (Lipinski definition) is 1. The minimum Gasteiger partial charge on any atom is -0.493 e. The summed E-state index contributed by atoms with van der Waals surface area (Å²) >= 11 is 15.7. The fraction of sp³-hybridized carbons (Fsp3) is 0.130. The van der Waals surface area contributed by atoms with Gasteiger partial charge in [-0.15, -0.1) is 0 Å². The molecule has 0 aliphatic carbocycles. The fourth-order valence-electron chi connectivity index (χ4n) is 3.01. The molecular formula is C23H17BrCl2N2O5. The van der Waals surface area contributed by atoms with Crippen LogP contribution in [-0.4, -0.2) is 26.0 Å². The average molecular weight is 552 g/mol. The average Bonchev–Trinajstić information content (AvgIpc) is 3.27. The molecule has 0 atom stereocenters. The largest absolute Gasteiger partial charge is 0.493 e. The molecule has 0 unspecified atom stereocenters. The van der Waals surface area contributed by atoms with Crippen LogP contribution in [0.2, 0.25) is 10.0 Å². The molecule has 10 heteroatoms. The SMILES string of the molecule is COc1cc(/C=N\NC(=O)c2ccc3c(c2)OCO3)cc(Br)c1OCc1ccc(Cl)cc1Cl. The Hall–Kier alpha value is -2.94. The van der Waals surface area contributed by atoms with E-state index in [9.17, 15) is 4.79 Å². The normalized spacial score (nSPS) is 12.1. The molecule has 0 saturated heterocycles. The lowest BCUT2D eigenvalue weighted by atomic mass is 10.2. The van der Waals surface area contributed by atoms with Crippen molar-refractivity contribution >= 4 is 51.3 Å². The standard InChI is InChI=1S/C23H17BrCl2N2O5/c1-30-21-7-13(6-17(24)22(21)31-11-15-2-4-16(25)9-18(15)26)10-27-28-23(29)14-3-5-19-20(8-14)33-12-32-19/h2-10H,11-12H2,1H3,(H,28,29)/b27-10-. The topological polar surface area (TPSA) is 78.4 Å². The van der Waals surface area contributed by atoms with E-state index in [0.717, 1.165) is 5.56 Å². The summed E-state index contributed by atoms with van der Waals surface area (Å²) in [7, 11) is 1.53. The van der Waals surface area contributed by atoms with Gasteiger partial charge in [-0.3, -0.25) is 4.79 Å². The van der Waals surface area contributed by atoms with Crippen LogP contribution in [-0.2, 0) is 6.61 Å². The highest BCUT2D eigenvalue weighted by Gasteiger charge is 2.16. The molecular weight excluding hydrogens is 535 g/mol. The van der Waals surface area contributed by atoms with Crippen LogP contribution in [0.3, 0.4) is 0 Å².